The highest BCUT2D eigenvalue weighted by Gasteiger charge is 2.25. The van der Waals surface area contributed by atoms with E-state index >= 15 is 0 Å². The molecular formula is C20H21N3O4S. The molecule has 0 N–H and O–H groups in total. The van der Waals surface area contributed by atoms with E-state index in [1.54, 1.807) is 13.8 Å². The number of nitrogens with zero attached hydrogens (tertiary/aromatic N) is 3. The molecule has 2 aromatic heterocycles. The van der Waals surface area contributed by atoms with Gasteiger partial charge in [0.15, 0.2) is 6.10 Å². The number of carbonyl (C=O) groups is 1. The average Bonchev–Trinajstić information content (AvgIpc) is 3.36. The third-order valence-corrected chi connectivity index (χ3v) is 5.65. The Labute approximate surface area is 166 Å². The summed E-state index contributed by atoms with van der Waals surface area (Å²) in [6, 6.07) is 12.0. The van der Waals surface area contributed by atoms with Gasteiger partial charge in [0, 0.05) is 25.6 Å². The number of anilines is 1. The fourth-order valence-corrected chi connectivity index (χ4v) is 4.17. The lowest BCUT2D eigenvalue weighted by Crippen LogP contribution is -2.35. The second kappa shape index (κ2) is 8.12. The Morgan fingerprint density at radius 3 is 2.64 bits per heavy atom. The van der Waals surface area contributed by atoms with E-state index in [1.807, 2.05) is 36.4 Å². The van der Waals surface area contributed by atoms with Gasteiger partial charge < -0.3 is 18.8 Å². The van der Waals surface area contributed by atoms with Crippen molar-refractivity contribution in [3.63, 3.8) is 0 Å². The van der Waals surface area contributed by atoms with E-state index in [9.17, 15) is 4.79 Å². The van der Waals surface area contributed by atoms with Crippen LogP contribution in [-0.4, -0.2) is 42.5 Å². The van der Waals surface area contributed by atoms with Gasteiger partial charge in [-0.25, -0.2) is 4.79 Å². The third-order valence-electron chi connectivity index (χ3n) is 4.47. The molecule has 1 aliphatic rings. The Morgan fingerprint density at radius 2 is 1.96 bits per heavy atom. The number of hydrogen-bond donors (Lipinski definition) is 0. The summed E-state index contributed by atoms with van der Waals surface area (Å²) >= 11 is 1.44. The van der Waals surface area contributed by atoms with Gasteiger partial charge in [0.1, 0.15) is 4.88 Å². The zero-order chi connectivity index (χ0) is 19.5. The number of thiophene rings is 1. The third kappa shape index (κ3) is 3.93. The lowest BCUT2D eigenvalue weighted by atomic mass is 10.1. The lowest BCUT2D eigenvalue weighted by molar-refractivity contribution is 0.0282. The molecule has 0 spiro atoms. The van der Waals surface area contributed by atoms with Crippen LogP contribution in [0.4, 0.5) is 5.00 Å². The molecular weight excluding hydrogens is 378 g/mol. The maximum Gasteiger partial charge on any atom is 0.349 e. The Balaban J connectivity index is 1.61. The van der Waals surface area contributed by atoms with Gasteiger partial charge in [-0.3, -0.25) is 0 Å². The van der Waals surface area contributed by atoms with Crippen LogP contribution in [0.2, 0.25) is 0 Å². The predicted molar refractivity (Wildman–Crippen MR) is 106 cm³/mol. The van der Waals surface area contributed by atoms with Crippen LogP contribution in [0.5, 0.6) is 0 Å². The molecule has 0 radical (unpaired) electrons. The highest BCUT2D eigenvalue weighted by Crippen LogP contribution is 2.40. The number of ether oxygens (including phenoxy) is 2. The molecule has 0 saturated carbocycles. The molecule has 146 valence electrons. The molecule has 1 fully saturated rings. The molecule has 1 atom stereocenters. The molecule has 3 heterocycles. The smallest absolute Gasteiger partial charge is 0.349 e. The van der Waals surface area contributed by atoms with Gasteiger partial charge in [-0.2, -0.15) is 0 Å². The van der Waals surface area contributed by atoms with Crippen LogP contribution in [0.1, 0.15) is 34.5 Å². The number of benzene rings is 1. The maximum absolute atomic E-state index is 12.8. The van der Waals surface area contributed by atoms with Gasteiger partial charge in [0.2, 0.25) is 5.89 Å². The molecule has 1 aromatic carbocycles. The van der Waals surface area contributed by atoms with Crippen molar-refractivity contribution in [3.05, 3.63) is 53.1 Å². The molecule has 4 rings (SSSR count). The van der Waals surface area contributed by atoms with E-state index in [0.717, 1.165) is 29.2 Å². The molecule has 3 aromatic rings. The van der Waals surface area contributed by atoms with E-state index < -0.39 is 12.1 Å². The first-order valence-corrected chi connectivity index (χ1v) is 9.96. The molecule has 8 heteroatoms. The largest absolute Gasteiger partial charge is 0.448 e. The first-order valence-electron chi connectivity index (χ1n) is 9.15. The average molecular weight is 399 g/mol. The minimum atomic E-state index is -0.609. The predicted octanol–water partition coefficient (Wildman–Crippen LogP) is 3.86. The minimum Gasteiger partial charge on any atom is -0.448 e. The number of carbonyl (C=O) groups excluding carboxylic acids is 1. The first-order chi connectivity index (χ1) is 13.6. The fraction of sp³-hybridized carbons (Fsp3) is 0.350. The van der Waals surface area contributed by atoms with Crippen molar-refractivity contribution in [2.75, 3.05) is 31.2 Å². The van der Waals surface area contributed by atoms with E-state index in [4.69, 9.17) is 13.9 Å². The fourth-order valence-electron chi connectivity index (χ4n) is 3.05. The van der Waals surface area contributed by atoms with Crippen molar-refractivity contribution in [1.29, 1.82) is 0 Å². The van der Waals surface area contributed by atoms with Crippen LogP contribution in [0.15, 0.2) is 40.8 Å². The van der Waals surface area contributed by atoms with Crippen LogP contribution in [0.25, 0.3) is 11.1 Å². The highest BCUT2D eigenvalue weighted by molar-refractivity contribution is 7.18. The maximum atomic E-state index is 12.8. The van der Waals surface area contributed by atoms with Crippen LogP contribution in [0.3, 0.4) is 0 Å². The molecule has 0 aliphatic carbocycles. The number of aryl methyl sites for hydroxylation is 1. The van der Waals surface area contributed by atoms with Crippen LogP contribution in [0, 0.1) is 6.92 Å². The molecule has 0 unspecified atom stereocenters. The summed E-state index contributed by atoms with van der Waals surface area (Å²) in [5.74, 6) is 0.333. The van der Waals surface area contributed by atoms with Gasteiger partial charge in [-0.15, -0.1) is 21.5 Å². The van der Waals surface area contributed by atoms with Crippen molar-refractivity contribution in [3.8, 4) is 11.1 Å². The summed E-state index contributed by atoms with van der Waals surface area (Å²) < 4.78 is 16.4. The van der Waals surface area contributed by atoms with E-state index in [-0.39, 0.29) is 0 Å². The number of hydrogen-bond acceptors (Lipinski definition) is 8. The minimum absolute atomic E-state index is 0.291. The highest BCUT2D eigenvalue weighted by atomic mass is 32.1. The second-order valence-corrected chi connectivity index (χ2v) is 7.53. The number of aromatic nitrogens is 2. The molecule has 1 aliphatic heterocycles. The normalized spacial score (nSPS) is 15.4. The van der Waals surface area contributed by atoms with Crippen LogP contribution >= 0.6 is 11.3 Å². The molecule has 0 amide bonds. The Bertz CT molecular complexity index is 948. The van der Waals surface area contributed by atoms with Crippen molar-refractivity contribution < 1.29 is 18.7 Å². The summed E-state index contributed by atoms with van der Waals surface area (Å²) in [6.07, 6.45) is -0.609. The number of morpholine rings is 1. The molecule has 28 heavy (non-hydrogen) atoms. The quantitative estimate of drug-likeness (QED) is 0.603. The zero-order valence-corrected chi connectivity index (χ0v) is 16.6. The van der Waals surface area contributed by atoms with Crippen molar-refractivity contribution in [2.24, 2.45) is 0 Å². The van der Waals surface area contributed by atoms with Gasteiger partial charge in [-0.05, 0) is 18.6 Å². The zero-order valence-electron chi connectivity index (χ0n) is 15.8. The summed E-state index contributed by atoms with van der Waals surface area (Å²) in [5.41, 5.74) is 2.10. The number of esters is 1. The first kappa shape index (κ1) is 18.6. The molecule has 1 saturated heterocycles. The van der Waals surface area contributed by atoms with Crippen LogP contribution < -0.4 is 4.90 Å². The van der Waals surface area contributed by atoms with Crippen molar-refractivity contribution in [1.82, 2.24) is 10.2 Å². The summed E-state index contributed by atoms with van der Waals surface area (Å²) in [6.45, 7) is 6.38. The standard InChI is InChI=1S/C20H21N3O4S/c1-13(18-22-21-14(2)27-18)26-20(24)17-12-16(15-6-4-3-5-7-15)19(28-17)23-8-10-25-11-9-23/h3-7,12-13H,8-11H2,1-2H3/t13-/m0/s1. The van der Waals surface area contributed by atoms with Crippen molar-refractivity contribution >= 4 is 22.3 Å². The molecule has 0 bridgehead atoms. The molecule has 7 nitrogen and oxygen atoms in total. The van der Waals surface area contributed by atoms with E-state index in [1.165, 1.54) is 11.3 Å². The lowest BCUT2D eigenvalue weighted by Gasteiger charge is -2.28. The van der Waals surface area contributed by atoms with Crippen molar-refractivity contribution in [2.45, 2.75) is 20.0 Å². The summed E-state index contributed by atoms with van der Waals surface area (Å²) in [7, 11) is 0. The monoisotopic (exact) mass is 399 g/mol. The summed E-state index contributed by atoms with van der Waals surface area (Å²) in [4.78, 5) is 15.6. The second-order valence-electron chi connectivity index (χ2n) is 6.50. The van der Waals surface area contributed by atoms with Gasteiger partial charge in [-0.1, -0.05) is 30.3 Å². The Morgan fingerprint density at radius 1 is 1.21 bits per heavy atom. The topological polar surface area (TPSA) is 77.7 Å². The van der Waals surface area contributed by atoms with Gasteiger partial charge in [0.25, 0.3) is 5.89 Å². The van der Waals surface area contributed by atoms with E-state index in [2.05, 4.69) is 15.1 Å². The Kier molecular flexibility index (Phi) is 5.40. The number of rotatable bonds is 5. The van der Waals surface area contributed by atoms with Crippen LogP contribution in [-0.2, 0) is 9.47 Å². The summed E-state index contributed by atoms with van der Waals surface area (Å²) in [5, 5.41) is 8.76. The van der Waals surface area contributed by atoms with Gasteiger partial charge >= 0.3 is 5.97 Å². The van der Waals surface area contributed by atoms with E-state index in [0.29, 0.717) is 29.9 Å². The Hall–Kier alpha value is -2.71. The SMILES string of the molecule is Cc1nnc([C@H](C)OC(=O)c2cc(-c3ccccc3)c(N3CCOCC3)s2)o1. The van der Waals surface area contributed by atoms with Gasteiger partial charge in [0.05, 0.1) is 18.2 Å².